The average molecular weight is 182 g/mol. The maximum Gasteiger partial charge on any atom is 0.119 e. The van der Waals surface area contributed by atoms with E-state index in [0.29, 0.717) is 11.3 Å². The van der Waals surface area contributed by atoms with Crippen LogP contribution < -0.4 is 10.5 Å². The largest absolute Gasteiger partial charge is 0.497 e. The van der Waals surface area contributed by atoms with Gasteiger partial charge >= 0.3 is 0 Å². The molecule has 0 saturated carbocycles. The summed E-state index contributed by atoms with van der Waals surface area (Å²) in [7, 11) is 1.49. The van der Waals surface area contributed by atoms with Gasteiger partial charge in [-0.25, -0.2) is 0 Å². The summed E-state index contributed by atoms with van der Waals surface area (Å²) in [5.41, 5.74) is 6.36. The molecular formula is C11H15NO. The van der Waals surface area contributed by atoms with Crippen LogP contribution in [0.3, 0.4) is 0 Å². The Morgan fingerprint density at radius 3 is 3.23 bits per heavy atom. The molecule has 1 aliphatic rings. The summed E-state index contributed by atoms with van der Waals surface area (Å²) in [6.45, 7) is 0. The Morgan fingerprint density at radius 2 is 2.46 bits per heavy atom. The van der Waals surface area contributed by atoms with E-state index >= 15 is 0 Å². The third-order valence-electron chi connectivity index (χ3n) is 2.05. The normalized spacial score (nSPS) is 40.0. The number of methoxy groups -OCH3 is 1. The topological polar surface area (TPSA) is 35.2 Å². The number of ether oxygens (including phenoxy) is 1. The first-order valence-electron chi connectivity index (χ1n) is 6.60. The van der Waals surface area contributed by atoms with Gasteiger partial charge in [0.2, 0.25) is 0 Å². The van der Waals surface area contributed by atoms with Crippen molar-refractivity contribution in [3.63, 3.8) is 0 Å². The van der Waals surface area contributed by atoms with Crippen molar-refractivity contribution in [1.82, 2.24) is 0 Å². The van der Waals surface area contributed by atoms with Crippen molar-refractivity contribution in [2.75, 3.05) is 7.11 Å². The Bertz CT molecular complexity index is 486. The highest BCUT2D eigenvalue weighted by Gasteiger charge is 2.15. The number of hydrogen-bond acceptors (Lipinski definition) is 2. The molecule has 2 nitrogen and oxygen atoms in total. The molecule has 0 radical (unpaired) electrons. The van der Waals surface area contributed by atoms with Crippen LogP contribution in [0.2, 0.25) is 0 Å². The Balaban J connectivity index is 2.65. The van der Waals surface area contributed by atoms with E-state index in [0.717, 1.165) is 0 Å². The highest BCUT2D eigenvalue weighted by molar-refractivity contribution is 5.37. The van der Waals surface area contributed by atoms with Crippen LogP contribution in [-0.4, -0.2) is 13.1 Å². The van der Waals surface area contributed by atoms with Crippen molar-refractivity contribution in [2.24, 2.45) is 5.73 Å². The van der Waals surface area contributed by atoms with Gasteiger partial charge in [0.1, 0.15) is 5.75 Å². The van der Waals surface area contributed by atoms with Gasteiger partial charge in [0.15, 0.2) is 0 Å². The van der Waals surface area contributed by atoms with Crippen molar-refractivity contribution in [3.05, 3.63) is 29.3 Å². The second kappa shape index (κ2) is 3.38. The Kier molecular flexibility index (Phi) is 1.16. The molecule has 0 spiro atoms. The van der Waals surface area contributed by atoms with Gasteiger partial charge in [0, 0.05) is 12.9 Å². The van der Waals surface area contributed by atoms with E-state index in [1.54, 1.807) is 12.1 Å². The maximum absolute atomic E-state index is 7.97. The van der Waals surface area contributed by atoms with Crippen LogP contribution in [-0.2, 0) is 12.8 Å². The van der Waals surface area contributed by atoms with Crippen LogP contribution in [0.4, 0.5) is 0 Å². The Morgan fingerprint density at radius 1 is 1.62 bits per heavy atom. The molecule has 1 aliphatic carbocycles. The van der Waals surface area contributed by atoms with Crippen molar-refractivity contribution in [1.29, 1.82) is 0 Å². The minimum Gasteiger partial charge on any atom is -0.497 e. The molecular weight excluding hydrogens is 162 g/mol. The van der Waals surface area contributed by atoms with Crippen LogP contribution in [0.15, 0.2) is 18.2 Å². The molecule has 0 bridgehead atoms. The molecule has 0 aliphatic heterocycles. The molecule has 70 valence electrons. The van der Waals surface area contributed by atoms with Crippen molar-refractivity contribution >= 4 is 0 Å². The second-order valence-electron chi connectivity index (χ2n) is 2.92. The molecule has 2 rings (SSSR count). The molecule has 2 heteroatoms. The zero-order valence-electron chi connectivity index (χ0n) is 12.4. The molecule has 0 amide bonds. The van der Waals surface area contributed by atoms with Crippen LogP contribution in [0, 0.1) is 0 Å². The number of aryl methyl sites for hydroxylation is 1. The second-order valence-corrected chi connectivity index (χ2v) is 2.92. The lowest BCUT2D eigenvalue weighted by atomic mass is 9.89. The van der Waals surface area contributed by atoms with Gasteiger partial charge in [0.05, 0.1) is 7.11 Å². The molecule has 13 heavy (non-hydrogen) atoms. The first kappa shape index (κ1) is 4.47. The summed E-state index contributed by atoms with van der Waals surface area (Å²) < 4.78 is 44.5. The lowest BCUT2D eigenvalue weighted by Crippen LogP contribution is -2.27. The monoisotopic (exact) mass is 182 g/mol. The molecule has 0 heterocycles. The number of rotatable bonds is 1. The molecule has 1 atom stereocenters. The van der Waals surface area contributed by atoms with E-state index in [-0.39, 0.29) is 12.0 Å². The van der Waals surface area contributed by atoms with Crippen molar-refractivity contribution in [3.8, 4) is 5.75 Å². The van der Waals surface area contributed by atoms with Gasteiger partial charge in [-0.3, -0.25) is 0 Å². The maximum atomic E-state index is 7.97. The predicted molar refractivity (Wildman–Crippen MR) is 53.0 cm³/mol. The summed E-state index contributed by atoms with van der Waals surface area (Å²) in [6, 6.07) is 2.38. The van der Waals surface area contributed by atoms with Gasteiger partial charge in [0.25, 0.3) is 0 Å². The van der Waals surface area contributed by atoms with Crippen LogP contribution in [0.25, 0.3) is 0 Å². The van der Waals surface area contributed by atoms with E-state index in [1.807, 2.05) is 0 Å². The Labute approximate surface area is 85.7 Å². The van der Waals surface area contributed by atoms with Crippen LogP contribution >= 0.6 is 0 Å². The van der Waals surface area contributed by atoms with E-state index in [9.17, 15) is 0 Å². The molecule has 1 aromatic carbocycles. The average Bonchev–Trinajstić information content (AvgIpc) is 2.26. The lowest BCUT2D eigenvalue weighted by molar-refractivity contribution is 0.413. The highest BCUT2D eigenvalue weighted by atomic mass is 16.5. The SMILES string of the molecule is [2H]C1([2H])Cc2cc(OC)ccc2C([2H])([2H])C1([2H])N. The molecule has 2 N–H and O–H groups in total. The molecule has 1 unspecified atom stereocenters. The van der Waals surface area contributed by atoms with Crippen molar-refractivity contribution < 1.29 is 11.6 Å². The van der Waals surface area contributed by atoms with E-state index in [1.165, 1.54) is 13.2 Å². The smallest absolute Gasteiger partial charge is 0.119 e. The predicted octanol–water partition coefficient (Wildman–Crippen LogP) is 1.51. The first-order valence-corrected chi connectivity index (χ1v) is 4.10. The number of hydrogen-bond donors (Lipinski definition) is 1. The lowest BCUT2D eigenvalue weighted by Gasteiger charge is -2.21. The zero-order valence-corrected chi connectivity index (χ0v) is 7.42. The zero-order chi connectivity index (χ0) is 13.8. The first-order chi connectivity index (χ1) is 8.13. The third kappa shape index (κ3) is 1.68. The van der Waals surface area contributed by atoms with E-state index in [4.69, 9.17) is 17.3 Å². The summed E-state index contributed by atoms with van der Waals surface area (Å²) in [4.78, 5) is 0. The third-order valence-corrected chi connectivity index (χ3v) is 2.05. The van der Waals surface area contributed by atoms with Crippen LogP contribution in [0.5, 0.6) is 5.75 Å². The minimum atomic E-state index is -2.32. The molecule has 0 aromatic heterocycles. The fourth-order valence-corrected chi connectivity index (χ4v) is 1.34. The summed E-state index contributed by atoms with van der Waals surface area (Å²) in [5.74, 6) is 0.537. The molecule has 1 aromatic rings. The number of benzene rings is 1. The van der Waals surface area contributed by atoms with Crippen LogP contribution in [0.1, 0.15) is 24.4 Å². The van der Waals surface area contributed by atoms with E-state index < -0.39 is 18.8 Å². The van der Waals surface area contributed by atoms with Gasteiger partial charge in [-0.2, -0.15) is 0 Å². The van der Waals surface area contributed by atoms with Gasteiger partial charge in [-0.05, 0) is 42.4 Å². The van der Waals surface area contributed by atoms with Gasteiger partial charge < -0.3 is 10.5 Å². The molecule has 0 saturated heterocycles. The summed E-state index contributed by atoms with van der Waals surface area (Å²) in [5, 5.41) is 0. The summed E-state index contributed by atoms with van der Waals surface area (Å²) in [6.07, 6.45) is -4.49. The fourth-order valence-electron chi connectivity index (χ4n) is 1.34. The van der Waals surface area contributed by atoms with Gasteiger partial charge in [-0.15, -0.1) is 0 Å². The minimum absolute atomic E-state index is 0.0982. The Hall–Kier alpha value is -1.02. The quantitative estimate of drug-likeness (QED) is 0.714. The standard InChI is InChI=1S/C11H15NO/c1-13-11-5-3-8-6-10(12)4-2-9(8)7-11/h3,5,7,10H,2,4,6,12H2,1H3/i4D2,6D2,10D. The van der Waals surface area contributed by atoms with E-state index in [2.05, 4.69) is 0 Å². The highest BCUT2D eigenvalue weighted by Crippen LogP contribution is 2.24. The summed E-state index contributed by atoms with van der Waals surface area (Å²) >= 11 is 0. The number of nitrogens with two attached hydrogens (primary N) is 1. The molecule has 0 fully saturated rings. The number of fused-ring (bicyclic) bond motifs is 1. The fraction of sp³-hybridized carbons (Fsp3) is 0.455. The van der Waals surface area contributed by atoms with Gasteiger partial charge in [-0.1, -0.05) is 6.07 Å². The van der Waals surface area contributed by atoms with Crippen molar-refractivity contribution in [2.45, 2.75) is 25.2 Å².